The van der Waals surface area contributed by atoms with Gasteiger partial charge >= 0.3 is 11.9 Å². The molecule has 0 aromatic rings. The van der Waals surface area contributed by atoms with Crippen LogP contribution in [0.3, 0.4) is 0 Å². The Labute approximate surface area is 432 Å². The third-order valence-electron chi connectivity index (χ3n) is 14.5. The van der Waals surface area contributed by atoms with Gasteiger partial charge in [-0.15, -0.1) is 0 Å². The van der Waals surface area contributed by atoms with Crippen LogP contribution < -0.4 is 0 Å². The fourth-order valence-corrected chi connectivity index (χ4v) is 9.77. The fourth-order valence-electron chi connectivity index (χ4n) is 9.77. The molecule has 0 spiro atoms. The van der Waals surface area contributed by atoms with Crippen LogP contribution >= 0.6 is 0 Å². The quantitative estimate of drug-likeness (QED) is 0.0373. The van der Waals surface area contributed by atoms with Crippen LogP contribution in [0.25, 0.3) is 0 Å². The van der Waals surface area contributed by atoms with E-state index in [0.717, 1.165) is 38.5 Å². The summed E-state index contributed by atoms with van der Waals surface area (Å²) in [6, 6.07) is 0. The average Bonchev–Trinajstić information content (AvgIpc) is 3.35. The summed E-state index contributed by atoms with van der Waals surface area (Å²) >= 11 is 0. The number of aliphatic hydroxyl groups excluding tert-OH is 1. The minimum absolute atomic E-state index is 0.0596. The van der Waals surface area contributed by atoms with Crippen molar-refractivity contribution in [3.63, 3.8) is 0 Å². The first kappa shape index (κ1) is 67.4. The Morgan fingerprint density at radius 3 is 0.855 bits per heavy atom. The van der Waals surface area contributed by atoms with E-state index in [1.165, 1.54) is 289 Å². The van der Waals surface area contributed by atoms with Gasteiger partial charge in [0.1, 0.15) is 6.61 Å². The fraction of sp³-hybridized carbons (Fsp3) is 0.906. The van der Waals surface area contributed by atoms with Gasteiger partial charge in [0, 0.05) is 12.8 Å². The van der Waals surface area contributed by atoms with Crippen molar-refractivity contribution in [2.24, 2.45) is 0 Å². The monoisotopic (exact) mass is 971 g/mol. The molecule has 1 unspecified atom stereocenters. The van der Waals surface area contributed by atoms with Crippen molar-refractivity contribution in [2.45, 2.75) is 360 Å². The largest absolute Gasteiger partial charge is 0.462 e. The molecule has 0 bridgehead atoms. The number of esters is 2. The lowest BCUT2D eigenvalue weighted by Crippen LogP contribution is -2.28. The summed E-state index contributed by atoms with van der Waals surface area (Å²) in [7, 11) is 0. The lowest BCUT2D eigenvalue weighted by molar-refractivity contribution is -0.161. The number of carbonyl (C=O) groups excluding carboxylic acids is 2. The molecule has 0 aromatic heterocycles. The molecule has 69 heavy (non-hydrogen) atoms. The Morgan fingerprint density at radius 1 is 0.333 bits per heavy atom. The Bertz CT molecular complexity index is 1050. The molecule has 0 rings (SSSR count). The molecule has 0 aliphatic rings. The number of aliphatic hydroxyl groups is 1. The van der Waals surface area contributed by atoms with Gasteiger partial charge in [-0.1, -0.05) is 321 Å². The molecule has 0 aromatic carbocycles. The van der Waals surface area contributed by atoms with Gasteiger partial charge in [-0.25, -0.2) is 0 Å². The van der Waals surface area contributed by atoms with Crippen molar-refractivity contribution < 1.29 is 24.2 Å². The van der Waals surface area contributed by atoms with E-state index in [2.05, 4.69) is 38.2 Å². The topological polar surface area (TPSA) is 72.8 Å². The molecule has 5 nitrogen and oxygen atoms in total. The molecule has 0 heterocycles. The van der Waals surface area contributed by atoms with E-state index in [1.807, 2.05) is 0 Å². The van der Waals surface area contributed by atoms with E-state index in [1.54, 1.807) is 0 Å². The predicted molar refractivity (Wildman–Crippen MR) is 302 cm³/mol. The number of allylic oxidation sites excluding steroid dienone is 4. The van der Waals surface area contributed by atoms with Crippen molar-refractivity contribution >= 4 is 11.9 Å². The third-order valence-corrected chi connectivity index (χ3v) is 14.5. The highest BCUT2D eigenvalue weighted by atomic mass is 16.6. The van der Waals surface area contributed by atoms with Crippen molar-refractivity contribution in [3.8, 4) is 0 Å². The third kappa shape index (κ3) is 58.8. The molecule has 408 valence electrons. The highest BCUT2D eigenvalue weighted by Gasteiger charge is 2.16. The standard InChI is InChI=1S/C64H122O5/c1-3-5-7-9-11-13-15-17-19-21-23-25-27-29-30-31-32-33-35-36-38-40-42-44-46-48-50-52-54-56-58-63(66)68-61-62(60-65)69-64(67)59-57-55-53-51-49-47-45-43-41-39-37-34-28-26-24-22-20-18-16-14-12-10-8-6-4-2/h16,18,22,24,62,65H,3-15,17,19-21,23,25-61H2,1-2H3/b18-16-,24-22-. The van der Waals surface area contributed by atoms with E-state index >= 15 is 0 Å². The van der Waals surface area contributed by atoms with Crippen molar-refractivity contribution in [2.75, 3.05) is 13.2 Å². The van der Waals surface area contributed by atoms with Gasteiger partial charge in [-0.2, -0.15) is 0 Å². The van der Waals surface area contributed by atoms with Crippen LogP contribution in [0.4, 0.5) is 0 Å². The minimum atomic E-state index is -0.769. The van der Waals surface area contributed by atoms with Gasteiger partial charge in [0.15, 0.2) is 6.10 Å². The van der Waals surface area contributed by atoms with E-state index in [-0.39, 0.29) is 25.2 Å². The second-order valence-electron chi connectivity index (χ2n) is 21.5. The number of hydrogen-bond donors (Lipinski definition) is 1. The lowest BCUT2D eigenvalue weighted by atomic mass is 10.0. The van der Waals surface area contributed by atoms with Crippen molar-refractivity contribution in [1.82, 2.24) is 0 Å². The Hall–Kier alpha value is -1.62. The molecule has 0 radical (unpaired) electrons. The molecular weight excluding hydrogens is 849 g/mol. The number of hydrogen-bond acceptors (Lipinski definition) is 5. The molecule has 0 amide bonds. The first-order chi connectivity index (χ1) is 34.1. The first-order valence-corrected chi connectivity index (χ1v) is 31.4. The maximum Gasteiger partial charge on any atom is 0.306 e. The number of rotatable bonds is 59. The van der Waals surface area contributed by atoms with E-state index in [9.17, 15) is 14.7 Å². The van der Waals surface area contributed by atoms with Crippen LogP contribution in [-0.2, 0) is 19.1 Å². The molecule has 0 aliphatic carbocycles. The zero-order chi connectivity index (χ0) is 49.9. The maximum absolute atomic E-state index is 12.3. The summed E-state index contributed by atoms with van der Waals surface area (Å²) in [6.07, 6.45) is 77.6. The number of ether oxygens (including phenoxy) is 2. The van der Waals surface area contributed by atoms with Gasteiger partial charge in [0.05, 0.1) is 6.61 Å². The molecular formula is C64H122O5. The Morgan fingerprint density at radius 2 is 0.580 bits per heavy atom. The molecule has 0 aliphatic heterocycles. The lowest BCUT2D eigenvalue weighted by Gasteiger charge is -2.15. The van der Waals surface area contributed by atoms with Crippen LogP contribution in [0.15, 0.2) is 24.3 Å². The summed E-state index contributed by atoms with van der Waals surface area (Å²) in [5.41, 5.74) is 0. The van der Waals surface area contributed by atoms with Crippen LogP contribution in [0.1, 0.15) is 354 Å². The Kier molecular flexibility index (Phi) is 59.3. The van der Waals surface area contributed by atoms with E-state index < -0.39 is 6.10 Å². The second kappa shape index (κ2) is 60.7. The summed E-state index contributed by atoms with van der Waals surface area (Å²) in [5.74, 6) is -0.569. The summed E-state index contributed by atoms with van der Waals surface area (Å²) < 4.78 is 10.7. The van der Waals surface area contributed by atoms with Gasteiger partial charge in [-0.3, -0.25) is 9.59 Å². The molecule has 0 saturated carbocycles. The molecule has 0 saturated heterocycles. The van der Waals surface area contributed by atoms with Gasteiger partial charge in [0.2, 0.25) is 0 Å². The van der Waals surface area contributed by atoms with Gasteiger partial charge in [0.25, 0.3) is 0 Å². The Balaban J connectivity index is 3.40. The zero-order valence-electron chi connectivity index (χ0n) is 46.9. The van der Waals surface area contributed by atoms with Gasteiger partial charge in [-0.05, 0) is 44.9 Å². The van der Waals surface area contributed by atoms with Crippen molar-refractivity contribution in [1.29, 1.82) is 0 Å². The SMILES string of the molecule is CCCCCCC/C=C\C/C=C\CCCCCCCCCCCCCCCC(=O)OC(CO)COC(=O)CCCCCCCCCCCCCCCCCCCCCCCCCCCCCCCC. The molecule has 1 atom stereocenters. The maximum atomic E-state index is 12.3. The molecule has 0 fully saturated rings. The van der Waals surface area contributed by atoms with Crippen LogP contribution in [0, 0.1) is 0 Å². The normalized spacial score (nSPS) is 12.2. The highest BCUT2D eigenvalue weighted by Crippen LogP contribution is 2.18. The number of carbonyl (C=O) groups is 2. The molecule has 5 heteroatoms. The van der Waals surface area contributed by atoms with E-state index in [0.29, 0.717) is 12.8 Å². The van der Waals surface area contributed by atoms with E-state index in [4.69, 9.17) is 9.47 Å². The summed E-state index contributed by atoms with van der Waals surface area (Å²) in [5, 5.41) is 9.67. The smallest absolute Gasteiger partial charge is 0.306 e. The first-order valence-electron chi connectivity index (χ1n) is 31.4. The average molecular weight is 972 g/mol. The zero-order valence-corrected chi connectivity index (χ0v) is 46.9. The second-order valence-corrected chi connectivity index (χ2v) is 21.5. The number of unbranched alkanes of at least 4 members (excludes halogenated alkanes) is 47. The summed E-state index contributed by atoms with van der Waals surface area (Å²) in [6.45, 7) is 4.19. The van der Waals surface area contributed by atoms with Gasteiger partial charge < -0.3 is 14.6 Å². The minimum Gasteiger partial charge on any atom is -0.462 e. The van der Waals surface area contributed by atoms with Crippen LogP contribution in [0.5, 0.6) is 0 Å². The highest BCUT2D eigenvalue weighted by molar-refractivity contribution is 5.70. The van der Waals surface area contributed by atoms with Crippen LogP contribution in [0.2, 0.25) is 0 Å². The predicted octanol–water partition coefficient (Wildman–Crippen LogP) is 21.3. The van der Waals surface area contributed by atoms with Crippen molar-refractivity contribution in [3.05, 3.63) is 24.3 Å². The molecule has 1 N–H and O–H groups in total. The van der Waals surface area contributed by atoms with Crippen LogP contribution in [-0.4, -0.2) is 36.4 Å². The summed E-state index contributed by atoms with van der Waals surface area (Å²) in [4.78, 5) is 24.6.